The zero-order valence-corrected chi connectivity index (χ0v) is 20.3. The van der Waals surface area contributed by atoms with Crippen molar-refractivity contribution >= 4 is 29.6 Å². The molecule has 0 spiro atoms. The Bertz CT molecular complexity index is 1020. The molecule has 0 fully saturated rings. The molecule has 0 aliphatic rings. The second-order valence-corrected chi connectivity index (χ2v) is 7.29. The Morgan fingerprint density at radius 3 is 2.54 bits per heavy atom. The Hall–Kier alpha value is -3.92. The molecule has 0 bridgehead atoms. The number of aryl methyl sites for hydroxylation is 1. The molecule has 0 unspecified atom stereocenters. The number of carbonyl (C=O) groups excluding carboxylic acids is 3. The van der Waals surface area contributed by atoms with E-state index in [0.29, 0.717) is 43.2 Å². The van der Waals surface area contributed by atoms with E-state index in [1.165, 1.54) is 6.21 Å². The molecule has 0 heterocycles. The number of ether oxygens (including phenoxy) is 3. The summed E-state index contributed by atoms with van der Waals surface area (Å²) in [7, 11) is 1.56. The number of methoxy groups -OCH3 is 1. The second-order valence-electron chi connectivity index (χ2n) is 7.29. The van der Waals surface area contributed by atoms with Crippen LogP contribution in [0.2, 0.25) is 0 Å². The first-order valence-electron chi connectivity index (χ1n) is 11.4. The van der Waals surface area contributed by atoms with Crippen LogP contribution in [0.4, 0.5) is 5.69 Å². The molecule has 0 saturated heterocycles. The molecular formula is C25H32N4O6. The van der Waals surface area contributed by atoms with Gasteiger partial charge < -0.3 is 24.8 Å². The Morgan fingerprint density at radius 1 is 1.00 bits per heavy atom. The first-order valence-corrected chi connectivity index (χ1v) is 11.4. The highest BCUT2D eigenvalue weighted by atomic mass is 16.5. The SMILES string of the molecule is CCOc1cc(/C=N\NC(=O)C(=O)NCCCOC)ccc1OCC(=O)Nc1ccccc1CC. The average Bonchev–Trinajstić information content (AvgIpc) is 2.86. The molecule has 0 aromatic heterocycles. The maximum atomic E-state index is 12.4. The molecule has 0 aliphatic carbocycles. The van der Waals surface area contributed by atoms with Gasteiger partial charge in [-0.1, -0.05) is 25.1 Å². The number of rotatable bonds is 13. The van der Waals surface area contributed by atoms with Crippen molar-refractivity contribution in [3.8, 4) is 11.5 Å². The van der Waals surface area contributed by atoms with Crippen molar-refractivity contribution in [1.82, 2.24) is 10.7 Å². The van der Waals surface area contributed by atoms with Crippen LogP contribution in [0.1, 0.15) is 31.4 Å². The van der Waals surface area contributed by atoms with Crippen LogP contribution in [-0.4, -0.2) is 57.4 Å². The number of nitrogens with one attached hydrogen (secondary N) is 3. The number of para-hydroxylation sites is 1. The van der Waals surface area contributed by atoms with Gasteiger partial charge in [0.15, 0.2) is 18.1 Å². The van der Waals surface area contributed by atoms with Gasteiger partial charge in [0.25, 0.3) is 5.91 Å². The van der Waals surface area contributed by atoms with Crippen LogP contribution < -0.4 is 25.5 Å². The number of nitrogens with zero attached hydrogens (tertiary/aromatic N) is 1. The lowest BCUT2D eigenvalue weighted by Gasteiger charge is -2.13. The first kappa shape index (κ1) is 27.3. The molecule has 2 aromatic rings. The number of hydrogen-bond acceptors (Lipinski definition) is 7. The van der Waals surface area contributed by atoms with E-state index in [1.807, 2.05) is 38.1 Å². The molecule has 0 radical (unpaired) electrons. The number of benzene rings is 2. The van der Waals surface area contributed by atoms with Gasteiger partial charge in [0, 0.05) is 25.9 Å². The standard InChI is InChI=1S/C25H32N4O6/c1-4-19-9-6-7-10-20(19)28-23(30)17-35-21-12-11-18(15-22(21)34-5-2)16-27-29-25(32)24(31)26-13-8-14-33-3/h6-7,9-12,15-16H,4-5,8,13-14,17H2,1-3H3,(H,26,31)(H,28,30)(H,29,32)/b27-16-. The summed E-state index contributed by atoms with van der Waals surface area (Å²) >= 11 is 0. The molecule has 0 saturated carbocycles. The number of anilines is 1. The number of hydrazone groups is 1. The smallest absolute Gasteiger partial charge is 0.329 e. The maximum absolute atomic E-state index is 12.4. The zero-order valence-electron chi connectivity index (χ0n) is 20.3. The average molecular weight is 485 g/mol. The highest BCUT2D eigenvalue weighted by molar-refractivity contribution is 6.35. The van der Waals surface area contributed by atoms with E-state index in [-0.39, 0.29) is 12.5 Å². The van der Waals surface area contributed by atoms with E-state index in [2.05, 4.69) is 21.2 Å². The van der Waals surface area contributed by atoms with Gasteiger partial charge in [-0.25, -0.2) is 5.43 Å². The number of amides is 3. The Kier molecular flexibility index (Phi) is 11.8. The topological polar surface area (TPSA) is 127 Å². The third kappa shape index (κ3) is 9.46. The lowest BCUT2D eigenvalue weighted by molar-refractivity contribution is -0.139. The summed E-state index contributed by atoms with van der Waals surface area (Å²) in [5.74, 6) is -1.14. The summed E-state index contributed by atoms with van der Waals surface area (Å²) in [6, 6.07) is 12.6. The Labute approximate surface area is 205 Å². The molecule has 2 aromatic carbocycles. The second kappa shape index (κ2) is 15.1. The lowest BCUT2D eigenvalue weighted by atomic mass is 10.1. The molecule has 188 valence electrons. The lowest BCUT2D eigenvalue weighted by Crippen LogP contribution is -2.38. The van der Waals surface area contributed by atoms with Crippen LogP contribution in [-0.2, 0) is 25.5 Å². The van der Waals surface area contributed by atoms with Crippen molar-refractivity contribution in [2.45, 2.75) is 26.7 Å². The number of carbonyl (C=O) groups is 3. The van der Waals surface area contributed by atoms with Gasteiger partial charge in [0.1, 0.15) is 0 Å². The summed E-state index contributed by atoms with van der Waals surface area (Å²) in [6.45, 7) is 4.84. The Balaban J connectivity index is 1.92. The maximum Gasteiger partial charge on any atom is 0.329 e. The van der Waals surface area contributed by atoms with Gasteiger partial charge in [-0.3, -0.25) is 14.4 Å². The van der Waals surface area contributed by atoms with Crippen molar-refractivity contribution in [2.24, 2.45) is 5.10 Å². The predicted molar refractivity (Wildman–Crippen MR) is 133 cm³/mol. The van der Waals surface area contributed by atoms with Gasteiger partial charge in [-0.15, -0.1) is 0 Å². The highest BCUT2D eigenvalue weighted by Crippen LogP contribution is 2.28. The van der Waals surface area contributed by atoms with Crippen molar-refractivity contribution in [3.63, 3.8) is 0 Å². The minimum Gasteiger partial charge on any atom is -0.490 e. The molecule has 3 N–H and O–H groups in total. The normalized spacial score (nSPS) is 10.6. The van der Waals surface area contributed by atoms with Crippen LogP contribution >= 0.6 is 0 Å². The van der Waals surface area contributed by atoms with E-state index in [4.69, 9.17) is 14.2 Å². The molecule has 10 nitrogen and oxygen atoms in total. The third-order valence-electron chi connectivity index (χ3n) is 4.70. The first-order chi connectivity index (χ1) is 17.0. The zero-order chi connectivity index (χ0) is 25.5. The molecular weight excluding hydrogens is 452 g/mol. The Morgan fingerprint density at radius 2 is 1.80 bits per heavy atom. The van der Waals surface area contributed by atoms with Gasteiger partial charge in [-0.2, -0.15) is 5.10 Å². The minimum atomic E-state index is -0.876. The van der Waals surface area contributed by atoms with Gasteiger partial charge >= 0.3 is 11.8 Å². The molecule has 10 heteroatoms. The molecule has 2 rings (SSSR count). The fourth-order valence-electron chi connectivity index (χ4n) is 2.99. The summed E-state index contributed by atoms with van der Waals surface area (Å²) in [6.07, 6.45) is 2.77. The summed E-state index contributed by atoms with van der Waals surface area (Å²) in [5, 5.41) is 9.13. The van der Waals surface area contributed by atoms with E-state index in [0.717, 1.165) is 17.7 Å². The number of hydrogen-bond donors (Lipinski definition) is 3. The van der Waals surface area contributed by atoms with E-state index >= 15 is 0 Å². The van der Waals surface area contributed by atoms with E-state index in [1.54, 1.807) is 25.3 Å². The fraction of sp³-hybridized carbons (Fsp3) is 0.360. The van der Waals surface area contributed by atoms with Crippen molar-refractivity contribution in [1.29, 1.82) is 0 Å². The minimum absolute atomic E-state index is 0.193. The molecule has 35 heavy (non-hydrogen) atoms. The monoisotopic (exact) mass is 484 g/mol. The van der Waals surface area contributed by atoms with Crippen molar-refractivity contribution in [2.75, 3.05) is 38.8 Å². The molecule has 3 amide bonds. The van der Waals surface area contributed by atoms with Crippen LogP contribution in [0.15, 0.2) is 47.6 Å². The van der Waals surface area contributed by atoms with Crippen LogP contribution in [0.5, 0.6) is 11.5 Å². The largest absolute Gasteiger partial charge is 0.490 e. The summed E-state index contributed by atoms with van der Waals surface area (Å²) in [5.41, 5.74) is 4.57. The predicted octanol–water partition coefficient (Wildman–Crippen LogP) is 2.27. The van der Waals surface area contributed by atoms with Crippen molar-refractivity contribution in [3.05, 3.63) is 53.6 Å². The van der Waals surface area contributed by atoms with Crippen LogP contribution in [0.25, 0.3) is 0 Å². The summed E-state index contributed by atoms with van der Waals surface area (Å²) in [4.78, 5) is 35.9. The van der Waals surface area contributed by atoms with Crippen LogP contribution in [0.3, 0.4) is 0 Å². The van der Waals surface area contributed by atoms with E-state index < -0.39 is 11.8 Å². The quantitative estimate of drug-likeness (QED) is 0.173. The van der Waals surface area contributed by atoms with Gasteiger partial charge in [-0.05, 0) is 55.2 Å². The van der Waals surface area contributed by atoms with Crippen LogP contribution in [0, 0.1) is 0 Å². The van der Waals surface area contributed by atoms with E-state index in [9.17, 15) is 14.4 Å². The highest BCUT2D eigenvalue weighted by Gasteiger charge is 2.12. The summed E-state index contributed by atoms with van der Waals surface area (Å²) < 4.78 is 16.2. The fourth-order valence-corrected chi connectivity index (χ4v) is 2.99. The van der Waals surface area contributed by atoms with Gasteiger partial charge in [0.2, 0.25) is 0 Å². The molecule has 0 atom stereocenters. The third-order valence-corrected chi connectivity index (χ3v) is 4.70. The van der Waals surface area contributed by atoms with Crippen molar-refractivity contribution < 1.29 is 28.6 Å². The molecule has 0 aliphatic heterocycles. The van der Waals surface area contributed by atoms with Gasteiger partial charge in [0.05, 0.1) is 12.8 Å².